The van der Waals surface area contributed by atoms with Gasteiger partial charge in [0.1, 0.15) is 4.21 Å². The van der Waals surface area contributed by atoms with Gasteiger partial charge < -0.3 is 5.73 Å². The Morgan fingerprint density at radius 2 is 2.05 bits per heavy atom. The predicted octanol–water partition coefficient (Wildman–Crippen LogP) is 2.49. The van der Waals surface area contributed by atoms with Crippen LogP contribution in [-0.2, 0) is 10.0 Å². The van der Waals surface area contributed by atoms with Gasteiger partial charge >= 0.3 is 5.69 Å². The van der Waals surface area contributed by atoms with E-state index in [1.807, 2.05) is 0 Å². The van der Waals surface area contributed by atoms with Gasteiger partial charge in [-0.2, -0.15) is 0 Å². The largest absolute Gasteiger partial charge is 0.385 e. The van der Waals surface area contributed by atoms with Gasteiger partial charge in [0.2, 0.25) is 10.0 Å². The highest BCUT2D eigenvalue weighted by Gasteiger charge is 2.24. The molecule has 9 heteroatoms. The molecule has 0 amide bonds. The SMILES string of the molecule is Nc1sc(S(=O)(=O)NCCC2CCCCC2)cc1[N+](=O)[O-]. The quantitative estimate of drug-likeness (QED) is 0.613. The summed E-state index contributed by atoms with van der Waals surface area (Å²) >= 11 is 0.721. The minimum Gasteiger partial charge on any atom is -0.385 e. The number of rotatable bonds is 6. The Morgan fingerprint density at radius 1 is 1.38 bits per heavy atom. The molecular formula is C12H19N3O4S2. The molecule has 118 valence electrons. The second kappa shape index (κ2) is 6.71. The summed E-state index contributed by atoms with van der Waals surface area (Å²) in [5.41, 5.74) is 5.12. The van der Waals surface area contributed by atoms with E-state index >= 15 is 0 Å². The molecule has 1 aromatic heterocycles. The summed E-state index contributed by atoms with van der Waals surface area (Å²) in [5.74, 6) is 0.573. The summed E-state index contributed by atoms with van der Waals surface area (Å²) in [6, 6.07) is 1.02. The standard InChI is InChI=1S/C12H19N3O4S2/c13-12-10(15(16)17)8-11(20-12)21(18,19)14-7-6-9-4-2-1-3-5-9/h8-9,14H,1-7,13H2. The van der Waals surface area contributed by atoms with E-state index in [0.29, 0.717) is 12.5 Å². The fourth-order valence-electron chi connectivity index (χ4n) is 2.59. The van der Waals surface area contributed by atoms with E-state index in [1.54, 1.807) is 0 Å². The van der Waals surface area contributed by atoms with E-state index in [2.05, 4.69) is 4.72 Å². The van der Waals surface area contributed by atoms with Crippen molar-refractivity contribution in [3.63, 3.8) is 0 Å². The maximum absolute atomic E-state index is 12.1. The van der Waals surface area contributed by atoms with Crippen molar-refractivity contribution in [2.24, 2.45) is 5.92 Å². The Hall–Kier alpha value is -1.19. The van der Waals surface area contributed by atoms with E-state index in [4.69, 9.17) is 5.73 Å². The molecule has 7 nitrogen and oxygen atoms in total. The summed E-state index contributed by atoms with van der Waals surface area (Å²) in [5, 5.41) is 10.6. The first kappa shape index (κ1) is 16.2. The molecule has 0 bridgehead atoms. The second-order valence-electron chi connectivity index (χ2n) is 5.26. The number of nitrogens with two attached hydrogens (primary N) is 1. The van der Waals surface area contributed by atoms with Crippen LogP contribution in [0.15, 0.2) is 10.3 Å². The summed E-state index contributed by atoms with van der Waals surface area (Å²) in [7, 11) is -3.71. The lowest BCUT2D eigenvalue weighted by Gasteiger charge is -2.21. The van der Waals surface area contributed by atoms with Gasteiger partial charge in [-0.25, -0.2) is 13.1 Å². The average Bonchev–Trinajstić information content (AvgIpc) is 2.83. The lowest BCUT2D eigenvalue weighted by atomic mass is 9.87. The van der Waals surface area contributed by atoms with Crippen molar-refractivity contribution in [2.75, 3.05) is 12.3 Å². The molecule has 1 aliphatic carbocycles. The molecular weight excluding hydrogens is 314 g/mol. The molecule has 0 atom stereocenters. The summed E-state index contributed by atoms with van der Waals surface area (Å²) in [6.07, 6.45) is 6.80. The summed E-state index contributed by atoms with van der Waals surface area (Å²) in [6.45, 7) is 0.360. The Morgan fingerprint density at radius 3 is 2.62 bits per heavy atom. The topological polar surface area (TPSA) is 115 Å². The molecule has 21 heavy (non-hydrogen) atoms. The first-order valence-corrected chi connectivity index (χ1v) is 9.23. The van der Waals surface area contributed by atoms with Gasteiger partial charge in [-0.1, -0.05) is 43.4 Å². The molecule has 1 aliphatic rings. The number of hydrogen-bond acceptors (Lipinski definition) is 6. The molecule has 0 unspecified atom stereocenters. The Balaban J connectivity index is 1.95. The van der Waals surface area contributed by atoms with E-state index in [0.717, 1.165) is 36.7 Å². The lowest BCUT2D eigenvalue weighted by Crippen LogP contribution is -2.26. The number of nitrogens with zero attached hydrogens (tertiary/aromatic N) is 1. The van der Waals surface area contributed by atoms with Crippen LogP contribution >= 0.6 is 11.3 Å². The number of thiophene rings is 1. The Kier molecular flexibility index (Phi) is 5.17. The number of sulfonamides is 1. The molecule has 1 heterocycles. The van der Waals surface area contributed by atoms with Crippen LogP contribution < -0.4 is 10.5 Å². The van der Waals surface area contributed by atoms with Crippen LogP contribution in [0.25, 0.3) is 0 Å². The highest BCUT2D eigenvalue weighted by atomic mass is 32.2. The minimum absolute atomic E-state index is 0.0901. The molecule has 2 rings (SSSR count). The molecule has 1 aromatic rings. The van der Waals surface area contributed by atoms with Crippen LogP contribution in [0.4, 0.5) is 10.7 Å². The second-order valence-corrected chi connectivity index (χ2v) is 8.34. The van der Waals surface area contributed by atoms with E-state index in [1.165, 1.54) is 19.3 Å². The van der Waals surface area contributed by atoms with E-state index in [9.17, 15) is 18.5 Å². The fraction of sp³-hybridized carbons (Fsp3) is 0.667. The van der Waals surface area contributed by atoms with Crippen molar-refractivity contribution in [1.29, 1.82) is 0 Å². The van der Waals surface area contributed by atoms with Gasteiger partial charge in [-0.3, -0.25) is 10.1 Å². The average molecular weight is 333 g/mol. The van der Waals surface area contributed by atoms with Gasteiger partial charge in [0, 0.05) is 12.6 Å². The number of hydrogen-bond donors (Lipinski definition) is 2. The summed E-state index contributed by atoms with van der Waals surface area (Å²) in [4.78, 5) is 10.0. The van der Waals surface area contributed by atoms with Crippen LogP contribution in [0.1, 0.15) is 38.5 Å². The van der Waals surface area contributed by atoms with Crippen LogP contribution in [0.2, 0.25) is 0 Å². The number of nitrogens with one attached hydrogen (secondary N) is 1. The third-order valence-electron chi connectivity index (χ3n) is 3.75. The lowest BCUT2D eigenvalue weighted by molar-refractivity contribution is -0.383. The highest BCUT2D eigenvalue weighted by molar-refractivity contribution is 7.91. The van der Waals surface area contributed by atoms with Gasteiger partial charge in [-0.05, 0) is 12.3 Å². The molecule has 3 N–H and O–H groups in total. The van der Waals surface area contributed by atoms with Gasteiger partial charge in [0.25, 0.3) is 0 Å². The van der Waals surface area contributed by atoms with Crippen molar-refractivity contribution in [3.8, 4) is 0 Å². The fourth-order valence-corrected chi connectivity index (χ4v) is 4.90. The molecule has 0 aliphatic heterocycles. The zero-order valence-electron chi connectivity index (χ0n) is 11.6. The van der Waals surface area contributed by atoms with Gasteiger partial charge in [0.05, 0.1) is 4.92 Å². The van der Waals surface area contributed by atoms with Crippen molar-refractivity contribution >= 4 is 32.0 Å². The van der Waals surface area contributed by atoms with Gasteiger partial charge in [0.15, 0.2) is 5.00 Å². The van der Waals surface area contributed by atoms with Crippen LogP contribution in [-0.4, -0.2) is 19.9 Å². The molecule has 0 aromatic carbocycles. The zero-order chi connectivity index (χ0) is 15.5. The van der Waals surface area contributed by atoms with Crippen LogP contribution in [0.3, 0.4) is 0 Å². The maximum Gasteiger partial charge on any atom is 0.304 e. The maximum atomic E-state index is 12.1. The van der Waals surface area contributed by atoms with Gasteiger partial charge in [-0.15, -0.1) is 0 Å². The zero-order valence-corrected chi connectivity index (χ0v) is 13.2. The third-order valence-corrected chi connectivity index (χ3v) is 6.64. The monoisotopic (exact) mass is 333 g/mol. The highest BCUT2D eigenvalue weighted by Crippen LogP contribution is 2.34. The number of nitro groups is 1. The van der Waals surface area contributed by atoms with Crippen molar-refractivity contribution in [2.45, 2.75) is 42.7 Å². The number of nitrogen functional groups attached to an aromatic ring is 1. The van der Waals surface area contributed by atoms with Crippen molar-refractivity contribution in [1.82, 2.24) is 4.72 Å². The predicted molar refractivity (Wildman–Crippen MR) is 81.8 cm³/mol. The summed E-state index contributed by atoms with van der Waals surface area (Å²) < 4.78 is 26.6. The molecule has 1 saturated carbocycles. The number of anilines is 1. The molecule has 1 fully saturated rings. The third kappa shape index (κ3) is 4.14. The van der Waals surface area contributed by atoms with Crippen LogP contribution in [0, 0.1) is 16.0 Å². The molecule has 0 spiro atoms. The Labute approximate surface area is 127 Å². The minimum atomic E-state index is -3.71. The van der Waals surface area contributed by atoms with Crippen molar-refractivity contribution < 1.29 is 13.3 Å². The molecule has 0 saturated heterocycles. The first-order valence-electron chi connectivity index (χ1n) is 6.93. The van der Waals surface area contributed by atoms with E-state index < -0.39 is 14.9 Å². The van der Waals surface area contributed by atoms with E-state index in [-0.39, 0.29) is 14.9 Å². The first-order chi connectivity index (χ1) is 9.90. The van der Waals surface area contributed by atoms with Crippen molar-refractivity contribution in [3.05, 3.63) is 16.2 Å². The normalized spacial score (nSPS) is 17.0. The Bertz CT molecular complexity index is 606. The smallest absolute Gasteiger partial charge is 0.304 e. The molecule has 0 radical (unpaired) electrons. The van der Waals surface area contributed by atoms with Crippen LogP contribution in [0.5, 0.6) is 0 Å².